The van der Waals surface area contributed by atoms with Gasteiger partial charge in [-0.1, -0.05) is 18.2 Å². The van der Waals surface area contributed by atoms with Crippen LogP contribution in [0.1, 0.15) is 19.3 Å². The molecule has 2 N–H and O–H groups in total. The van der Waals surface area contributed by atoms with E-state index >= 15 is 0 Å². The third-order valence-corrected chi connectivity index (χ3v) is 2.48. The van der Waals surface area contributed by atoms with Gasteiger partial charge in [0.05, 0.1) is 0 Å². The average Bonchev–Trinajstić information content (AvgIpc) is 2.21. The van der Waals surface area contributed by atoms with Crippen molar-refractivity contribution in [1.29, 1.82) is 0 Å². The van der Waals surface area contributed by atoms with Gasteiger partial charge in [-0.05, 0) is 31.4 Å². The topological polar surface area (TPSA) is 34.7 Å². The highest BCUT2D eigenvalue weighted by atomic mass is 16.0. The molecular formula is C11H17NO. The first-order chi connectivity index (χ1) is 5.97. The van der Waals surface area contributed by atoms with Crippen molar-refractivity contribution in [2.75, 3.05) is 18.0 Å². The summed E-state index contributed by atoms with van der Waals surface area (Å²) in [5.41, 5.74) is 1.39. The quantitative estimate of drug-likeness (QED) is 0.648. The molecule has 1 aromatic carbocycles. The van der Waals surface area contributed by atoms with Crippen LogP contribution in [0, 0.1) is 0 Å². The number of hydrogen-bond donors (Lipinski definition) is 0. The lowest BCUT2D eigenvalue weighted by molar-refractivity contribution is 0.578. The van der Waals surface area contributed by atoms with E-state index in [0.29, 0.717) is 0 Å². The van der Waals surface area contributed by atoms with Gasteiger partial charge in [-0.25, -0.2) is 0 Å². The summed E-state index contributed by atoms with van der Waals surface area (Å²) in [6.45, 7) is 2.48. The van der Waals surface area contributed by atoms with Crippen LogP contribution in [0.5, 0.6) is 0 Å². The van der Waals surface area contributed by atoms with Crippen LogP contribution in [0.25, 0.3) is 0 Å². The van der Waals surface area contributed by atoms with E-state index in [1.54, 1.807) is 0 Å². The summed E-state index contributed by atoms with van der Waals surface area (Å²) in [6.07, 6.45) is 4.12. The van der Waals surface area contributed by atoms with E-state index in [1.165, 1.54) is 38.0 Å². The Balaban J connectivity index is 0.000000845. The molecule has 1 fully saturated rings. The van der Waals surface area contributed by atoms with Crippen molar-refractivity contribution in [3.05, 3.63) is 30.3 Å². The van der Waals surface area contributed by atoms with Crippen molar-refractivity contribution in [2.24, 2.45) is 0 Å². The van der Waals surface area contributed by atoms with Gasteiger partial charge in [-0.15, -0.1) is 0 Å². The zero-order valence-corrected chi connectivity index (χ0v) is 7.87. The third kappa shape index (κ3) is 2.46. The summed E-state index contributed by atoms with van der Waals surface area (Å²) in [6, 6.07) is 10.7. The van der Waals surface area contributed by atoms with Gasteiger partial charge in [0, 0.05) is 18.8 Å². The molecule has 72 valence electrons. The highest BCUT2D eigenvalue weighted by Gasteiger charge is 2.09. The monoisotopic (exact) mass is 179 g/mol. The highest BCUT2D eigenvalue weighted by Crippen LogP contribution is 2.18. The van der Waals surface area contributed by atoms with E-state index in [0.717, 1.165) is 0 Å². The molecule has 0 radical (unpaired) electrons. The predicted octanol–water partition coefficient (Wildman–Crippen LogP) is 1.85. The molecular weight excluding hydrogens is 162 g/mol. The summed E-state index contributed by atoms with van der Waals surface area (Å²) in [4.78, 5) is 2.48. The molecule has 0 amide bonds. The second-order valence-corrected chi connectivity index (χ2v) is 3.38. The van der Waals surface area contributed by atoms with Crippen molar-refractivity contribution in [3.8, 4) is 0 Å². The summed E-state index contributed by atoms with van der Waals surface area (Å²) < 4.78 is 0. The van der Waals surface area contributed by atoms with Crippen molar-refractivity contribution >= 4 is 5.69 Å². The minimum atomic E-state index is 0. The predicted molar refractivity (Wildman–Crippen MR) is 56.1 cm³/mol. The van der Waals surface area contributed by atoms with Crippen molar-refractivity contribution in [1.82, 2.24) is 0 Å². The average molecular weight is 179 g/mol. The van der Waals surface area contributed by atoms with Gasteiger partial charge in [-0.2, -0.15) is 0 Å². The molecule has 2 rings (SSSR count). The number of anilines is 1. The lowest BCUT2D eigenvalue weighted by atomic mass is 10.1. The van der Waals surface area contributed by atoms with Gasteiger partial charge in [0.1, 0.15) is 0 Å². The van der Waals surface area contributed by atoms with Crippen LogP contribution in [0.3, 0.4) is 0 Å². The molecule has 1 aliphatic heterocycles. The molecule has 0 aromatic heterocycles. The Morgan fingerprint density at radius 2 is 1.46 bits per heavy atom. The first kappa shape index (κ1) is 10.1. The van der Waals surface area contributed by atoms with Crippen LogP contribution in [-0.2, 0) is 0 Å². The Bertz CT molecular complexity index is 229. The Kier molecular flexibility index (Phi) is 3.77. The first-order valence-electron chi connectivity index (χ1n) is 4.77. The molecule has 0 bridgehead atoms. The fourth-order valence-corrected chi connectivity index (χ4v) is 1.79. The fourth-order valence-electron chi connectivity index (χ4n) is 1.79. The van der Waals surface area contributed by atoms with Crippen molar-refractivity contribution < 1.29 is 5.48 Å². The summed E-state index contributed by atoms with van der Waals surface area (Å²) in [7, 11) is 0. The number of rotatable bonds is 1. The molecule has 1 heterocycles. The van der Waals surface area contributed by atoms with Gasteiger partial charge >= 0.3 is 0 Å². The highest BCUT2D eigenvalue weighted by molar-refractivity contribution is 5.46. The lowest BCUT2D eigenvalue weighted by Gasteiger charge is -2.28. The zero-order chi connectivity index (χ0) is 8.23. The molecule has 0 spiro atoms. The zero-order valence-electron chi connectivity index (χ0n) is 7.87. The summed E-state index contributed by atoms with van der Waals surface area (Å²) in [5, 5.41) is 0. The molecule has 0 unspecified atom stereocenters. The Labute approximate surface area is 79.5 Å². The lowest BCUT2D eigenvalue weighted by Crippen LogP contribution is -2.29. The van der Waals surface area contributed by atoms with Crippen LogP contribution in [-0.4, -0.2) is 18.6 Å². The minimum Gasteiger partial charge on any atom is -0.412 e. The van der Waals surface area contributed by atoms with Crippen LogP contribution in [0.4, 0.5) is 5.69 Å². The molecule has 0 atom stereocenters. The van der Waals surface area contributed by atoms with E-state index in [1.807, 2.05) is 0 Å². The number of hydrogen-bond acceptors (Lipinski definition) is 1. The van der Waals surface area contributed by atoms with E-state index in [4.69, 9.17) is 0 Å². The Morgan fingerprint density at radius 3 is 2.08 bits per heavy atom. The molecule has 1 aliphatic rings. The third-order valence-electron chi connectivity index (χ3n) is 2.48. The summed E-state index contributed by atoms with van der Waals surface area (Å²) >= 11 is 0. The maximum Gasteiger partial charge on any atom is 0.0366 e. The van der Waals surface area contributed by atoms with E-state index < -0.39 is 0 Å². The molecule has 0 saturated carbocycles. The molecule has 2 heteroatoms. The van der Waals surface area contributed by atoms with Crippen molar-refractivity contribution in [2.45, 2.75) is 19.3 Å². The maximum absolute atomic E-state index is 2.48. The van der Waals surface area contributed by atoms with Crippen LogP contribution < -0.4 is 4.90 Å². The molecule has 0 aliphatic carbocycles. The molecule has 2 nitrogen and oxygen atoms in total. The second-order valence-electron chi connectivity index (χ2n) is 3.38. The molecule has 1 saturated heterocycles. The van der Waals surface area contributed by atoms with Crippen LogP contribution in [0.2, 0.25) is 0 Å². The number of benzene rings is 1. The number of nitrogens with zero attached hydrogens (tertiary/aromatic N) is 1. The SMILES string of the molecule is O.c1ccc(N2CCCCC2)cc1. The fraction of sp³-hybridized carbons (Fsp3) is 0.455. The maximum atomic E-state index is 2.48. The van der Waals surface area contributed by atoms with Gasteiger partial charge < -0.3 is 10.4 Å². The Hall–Kier alpha value is -1.02. The molecule has 13 heavy (non-hydrogen) atoms. The summed E-state index contributed by atoms with van der Waals surface area (Å²) in [5.74, 6) is 0. The second kappa shape index (κ2) is 4.87. The Morgan fingerprint density at radius 1 is 0.846 bits per heavy atom. The van der Waals surface area contributed by atoms with Crippen molar-refractivity contribution in [3.63, 3.8) is 0 Å². The molecule has 1 aromatic rings. The number of para-hydroxylation sites is 1. The van der Waals surface area contributed by atoms with E-state index in [9.17, 15) is 0 Å². The van der Waals surface area contributed by atoms with Crippen LogP contribution in [0.15, 0.2) is 30.3 Å². The minimum absolute atomic E-state index is 0. The normalized spacial score (nSPS) is 16.5. The van der Waals surface area contributed by atoms with Gasteiger partial charge in [0.15, 0.2) is 0 Å². The standard InChI is InChI=1S/C11H15N.H2O/c1-3-7-11(8-4-1)12-9-5-2-6-10-12;/h1,3-4,7-8H,2,5-6,9-10H2;1H2. The first-order valence-corrected chi connectivity index (χ1v) is 4.77. The number of piperidine rings is 1. The van der Waals surface area contributed by atoms with E-state index in [-0.39, 0.29) is 5.48 Å². The largest absolute Gasteiger partial charge is 0.412 e. The van der Waals surface area contributed by atoms with E-state index in [2.05, 4.69) is 35.2 Å². The van der Waals surface area contributed by atoms with Gasteiger partial charge in [-0.3, -0.25) is 0 Å². The van der Waals surface area contributed by atoms with Crippen LogP contribution >= 0.6 is 0 Å². The smallest absolute Gasteiger partial charge is 0.0366 e. The van der Waals surface area contributed by atoms with Gasteiger partial charge in [0.2, 0.25) is 0 Å². The van der Waals surface area contributed by atoms with Gasteiger partial charge in [0.25, 0.3) is 0 Å².